The lowest BCUT2D eigenvalue weighted by atomic mass is 10.1. The van der Waals surface area contributed by atoms with Gasteiger partial charge in [0, 0.05) is 21.7 Å². The van der Waals surface area contributed by atoms with Crippen molar-refractivity contribution in [2.75, 3.05) is 12.8 Å². The molecule has 22 heavy (non-hydrogen) atoms. The van der Waals surface area contributed by atoms with Gasteiger partial charge in [-0.2, -0.15) is 0 Å². The predicted octanol–water partition coefficient (Wildman–Crippen LogP) is 4.60. The van der Waals surface area contributed by atoms with Crippen molar-refractivity contribution in [1.82, 2.24) is 5.32 Å². The average Bonchev–Trinajstić information content (AvgIpc) is 2.98. The van der Waals surface area contributed by atoms with E-state index in [0.29, 0.717) is 12.1 Å². The van der Waals surface area contributed by atoms with Gasteiger partial charge in [0.2, 0.25) is 0 Å². The average molecular weight is 327 g/mol. The molecule has 0 aliphatic rings. The summed E-state index contributed by atoms with van der Waals surface area (Å²) in [7, 11) is 0. The number of benzene rings is 2. The van der Waals surface area contributed by atoms with Crippen LogP contribution in [0.2, 0.25) is 0 Å². The van der Waals surface area contributed by atoms with Crippen LogP contribution >= 0.6 is 23.1 Å². The molecule has 0 unspecified atom stereocenters. The number of rotatable bonds is 5. The fourth-order valence-electron chi connectivity index (χ4n) is 2.38. The van der Waals surface area contributed by atoms with Crippen molar-refractivity contribution >= 4 is 39.1 Å². The third-order valence-electron chi connectivity index (χ3n) is 3.59. The van der Waals surface area contributed by atoms with E-state index in [1.807, 2.05) is 30.5 Å². The van der Waals surface area contributed by atoms with Crippen LogP contribution in [0.5, 0.6) is 0 Å². The highest BCUT2D eigenvalue weighted by Gasteiger charge is 2.06. The van der Waals surface area contributed by atoms with E-state index in [2.05, 4.69) is 35.0 Å². The molecule has 0 bridgehead atoms. The highest BCUT2D eigenvalue weighted by molar-refractivity contribution is 7.98. The number of carbonyl (C=O) groups is 1. The van der Waals surface area contributed by atoms with Crippen LogP contribution in [0.3, 0.4) is 0 Å². The van der Waals surface area contributed by atoms with E-state index in [4.69, 9.17) is 0 Å². The van der Waals surface area contributed by atoms with Crippen molar-refractivity contribution in [2.24, 2.45) is 0 Å². The number of thiophene rings is 1. The molecular weight excluding hydrogens is 310 g/mol. The summed E-state index contributed by atoms with van der Waals surface area (Å²) >= 11 is 3.43. The fraction of sp³-hybridized carbons (Fsp3) is 0.167. The molecule has 2 aromatic carbocycles. The minimum absolute atomic E-state index is 0.00723. The molecule has 3 aromatic rings. The van der Waals surface area contributed by atoms with E-state index in [1.54, 1.807) is 23.1 Å². The van der Waals surface area contributed by atoms with Crippen LogP contribution in [0, 0.1) is 0 Å². The minimum atomic E-state index is -0.00723. The first-order valence-corrected chi connectivity index (χ1v) is 9.26. The molecule has 0 spiro atoms. The molecule has 1 N–H and O–H groups in total. The van der Waals surface area contributed by atoms with Crippen LogP contribution in [0.25, 0.3) is 10.1 Å². The first-order valence-electron chi connectivity index (χ1n) is 7.15. The van der Waals surface area contributed by atoms with Gasteiger partial charge in [0.05, 0.1) is 0 Å². The Balaban J connectivity index is 1.59. The molecule has 0 aliphatic carbocycles. The molecule has 2 nitrogen and oxygen atoms in total. The SMILES string of the molecule is CSc1ccc(C(=O)NCCc2csc3ccccc23)cc1. The van der Waals surface area contributed by atoms with Gasteiger partial charge in [-0.05, 0) is 59.3 Å². The molecule has 4 heteroatoms. The summed E-state index contributed by atoms with van der Waals surface area (Å²) in [5, 5.41) is 6.48. The van der Waals surface area contributed by atoms with E-state index in [0.717, 1.165) is 6.42 Å². The lowest BCUT2D eigenvalue weighted by Gasteiger charge is -2.05. The maximum Gasteiger partial charge on any atom is 0.251 e. The molecular formula is C18H17NOS2. The lowest BCUT2D eigenvalue weighted by molar-refractivity contribution is 0.0954. The molecule has 0 saturated carbocycles. The van der Waals surface area contributed by atoms with Crippen LogP contribution in [0.15, 0.2) is 58.8 Å². The molecule has 112 valence electrons. The number of fused-ring (bicyclic) bond motifs is 1. The van der Waals surface area contributed by atoms with Crippen LogP contribution < -0.4 is 5.32 Å². The Morgan fingerprint density at radius 2 is 1.91 bits per heavy atom. The van der Waals surface area contributed by atoms with Gasteiger partial charge in [0.15, 0.2) is 0 Å². The third kappa shape index (κ3) is 3.34. The van der Waals surface area contributed by atoms with Gasteiger partial charge in [-0.1, -0.05) is 18.2 Å². The second kappa shape index (κ2) is 6.99. The second-order valence-corrected chi connectivity index (χ2v) is 6.78. The van der Waals surface area contributed by atoms with Crippen molar-refractivity contribution in [3.8, 4) is 0 Å². The van der Waals surface area contributed by atoms with E-state index in [-0.39, 0.29) is 5.91 Å². The summed E-state index contributed by atoms with van der Waals surface area (Å²) < 4.78 is 1.30. The zero-order valence-corrected chi connectivity index (χ0v) is 14.0. The van der Waals surface area contributed by atoms with Gasteiger partial charge in [0.25, 0.3) is 5.91 Å². The lowest BCUT2D eigenvalue weighted by Crippen LogP contribution is -2.25. The second-order valence-electron chi connectivity index (χ2n) is 4.99. The number of hydrogen-bond donors (Lipinski definition) is 1. The molecule has 0 aliphatic heterocycles. The smallest absolute Gasteiger partial charge is 0.251 e. The summed E-state index contributed by atoms with van der Waals surface area (Å²) in [5.74, 6) is -0.00723. The standard InChI is InChI=1S/C18H17NOS2/c1-21-15-8-6-13(7-9-15)18(20)19-11-10-14-12-22-17-5-3-2-4-16(14)17/h2-9,12H,10-11H2,1H3,(H,19,20). The third-order valence-corrected chi connectivity index (χ3v) is 5.35. The Bertz CT molecular complexity index is 777. The molecule has 0 fully saturated rings. The molecule has 3 rings (SSSR count). The number of hydrogen-bond acceptors (Lipinski definition) is 3. The Kier molecular flexibility index (Phi) is 4.80. The van der Waals surface area contributed by atoms with Crippen molar-refractivity contribution < 1.29 is 4.79 Å². The minimum Gasteiger partial charge on any atom is -0.352 e. The van der Waals surface area contributed by atoms with Crippen molar-refractivity contribution in [3.05, 3.63) is 65.0 Å². The van der Waals surface area contributed by atoms with Gasteiger partial charge in [-0.3, -0.25) is 4.79 Å². The molecule has 1 amide bonds. The first-order chi connectivity index (χ1) is 10.8. The van der Waals surface area contributed by atoms with Gasteiger partial charge >= 0.3 is 0 Å². The van der Waals surface area contributed by atoms with Crippen LogP contribution in [-0.2, 0) is 6.42 Å². The number of amides is 1. The number of thioether (sulfide) groups is 1. The van der Waals surface area contributed by atoms with E-state index >= 15 is 0 Å². The highest BCUT2D eigenvalue weighted by atomic mass is 32.2. The normalized spacial score (nSPS) is 10.8. The largest absolute Gasteiger partial charge is 0.352 e. The van der Waals surface area contributed by atoms with Crippen LogP contribution in [0.1, 0.15) is 15.9 Å². The Labute approximate surface area is 138 Å². The summed E-state index contributed by atoms with van der Waals surface area (Å²) in [6.07, 6.45) is 2.89. The monoisotopic (exact) mass is 327 g/mol. The zero-order valence-electron chi connectivity index (χ0n) is 12.3. The zero-order chi connectivity index (χ0) is 15.4. The van der Waals surface area contributed by atoms with Crippen molar-refractivity contribution in [3.63, 3.8) is 0 Å². The van der Waals surface area contributed by atoms with E-state index in [9.17, 15) is 4.79 Å². The molecule has 0 saturated heterocycles. The van der Waals surface area contributed by atoms with Crippen LogP contribution in [-0.4, -0.2) is 18.7 Å². The maximum absolute atomic E-state index is 12.1. The van der Waals surface area contributed by atoms with E-state index in [1.165, 1.54) is 20.5 Å². The maximum atomic E-state index is 12.1. The molecule has 0 atom stereocenters. The summed E-state index contributed by atoms with van der Waals surface area (Å²) in [6, 6.07) is 16.1. The number of nitrogens with one attached hydrogen (secondary N) is 1. The van der Waals surface area contributed by atoms with E-state index < -0.39 is 0 Å². The predicted molar refractivity (Wildman–Crippen MR) is 96.1 cm³/mol. The molecule has 1 heterocycles. The fourth-order valence-corrected chi connectivity index (χ4v) is 3.79. The van der Waals surface area contributed by atoms with Gasteiger partial charge < -0.3 is 5.32 Å². The topological polar surface area (TPSA) is 29.1 Å². The van der Waals surface area contributed by atoms with Gasteiger partial charge in [-0.25, -0.2) is 0 Å². The van der Waals surface area contributed by atoms with Crippen molar-refractivity contribution in [1.29, 1.82) is 0 Å². The van der Waals surface area contributed by atoms with Gasteiger partial charge in [0.1, 0.15) is 0 Å². The molecule has 0 radical (unpaired) electrons. The van der Waals surface area contributed by atoms with Crippen molar-refractivity contribution in [2.45, 2.75) is 11.3 Å². The van der Waals surface area contributed by atoms with Gasteiger partial charge in [-0.15, -0.1) is 23.1 Å². The Hall–Kier alpha value is -1.78. The summed E-state index contributed by atoms with van der Waals surface area (Å²) in [6.45, 7) is 0.657. The number of carbonyl (C=O) groups excluding carboxylic acids is 1. The summed E-state index contributed by atoms with van der Waals surface area (Å²) in [4.78, 5) is 13.3. The Morgan fingerprint density at radius 3 is 2.68 bits per heavy atom. The van der Waals surface area contributed by atoms with Crippen LogP contribution in [0.4, 0.5) is 0 Å². The first kappa shape index (κ1) is 15.1. The highest BCUT2D eigenvalue weighted by Crippen LogP contribution is 2.25. The Morgan fingerprint density at radius 1 is 1.14 bits per heavy atom. The quantitative estimate of drug-likeness (QED) is 0.694. The summed E-state index contributed by atoms with van der Waals surface area (Å²) in [5.41, 5.74) is 2.02. The molecule has 1 aromatic heterocycles.